The van der Waals surface area contributed by atoms with Crippen LogP contribution in [0.3, 0.4) is 0 Å². The fourth-order valence-corrected chi connectivity index (χ4v) is 2.75. The summed E-state index contributed by atoms with van der Waals surface area (Å²) in [5.41, 5.74) is -0.108. The first-order valence-electron chi connectivity index (χ1n) is 7.93. The molecule has 1 saturated heterocycles. The number of nitrogens with one attached hydrogen (secondary N) is 1. The van der Waals surface area contributed by atoms with Gasteiger partial charge in [-0.1, -0.05) is 23.7 Å². The summed E-state index contributed by atoms with van der Waals surface area (Å²) < 4.78 is 0. The van der Waals surface area contributed by atoms with Gasteiger partial charge in [-0.3, -0.25) is 9.59 Å². The zero-order valence-electron chi connectivity index (χ0n) is 13.7. The molecule has 0 spiro atoms. The fourth-order valence-electron chi connectivity index (χ4n) is 2.62. The highest BCUT2D eigenvalue weighted by atomic mass is 35.5. The van der Waals surface area contributed by atoms with Crippen molar-refractivity contribution in [2.75, 3.05) is 19.8 Å². The van der Waals surface area contributed by atoms with Gasteiger partial charge in [-0.05, 0) is 31.0 Å². The summed E-state index contributed by atoms with van der Waals surface area (Å²) in [6, 6.07) is 7.24. The van der Waals surface area contributed by atoms with Gasteiger partial charge in [0.2, 0.25) is 11.8 Å². The second-order valence-electron chi connectivity index (χ2n) is 6.50. The minimum Gasteiger partial charge on any atom is -0.394 e. The van der Waals surface area contributed by atoms with Crippen molar-refractivity contribution in [2.24, 2.45) is 5.92 Å². The predicted octanol–water partition coefficient (Wildman–Crippen LogP) is 0.938. The van der Waals surface area contributed by atoms with E-state index in [2.05, 4.69) is 5.32 Å². The van der Waals surface area contributed by atoms with Gasteiger partial charge in [-0.15, -0.1) is 0 Å². The van der Waals surface area contributed by atoms with Crippen molar-refractivity contribution in [3.63, 3.8) is 0 Å². The first-order chi connectivity index (χ1) is 11.4. The van der Waals surface area contributed by atoms with Crippen molar-refractivity contribution < 1.29 is 19.8 Å². The maximum Gasteiger partial charge on any atom is 0.225 e. The molecule has 1 atom stereocenters. The molecular weight excluding hydrogens is 332 g/mol. The molecule has 1 fully saturated rings. The van der Waals surface area contributed by atoms with Gasteiger partial charge in [-0.25, -0.2) is 0 Å². The van der Waals surface area contributed by atoms with Crippen LogP contribution in [0.25, 0.3) is 0 Å². The number of nitrogens with zero attached hydrogens (tertiary/aromatic N) is 1. The third-order valence-corrected chi connectivity index (χ3v) is 4.53. The zero-order chi connectivity index (χ0) is 17.7. The van der Waals surface area contributed by atoms with Gasteiger partial charge < -0.3 is 20.4 Å². The van der Waals surface area contributed by atoms with Crippen molar-refractivity contribution in [1.82, 2.24) is 10.2 Å². The number of rotatable bonds is 6. The molecule has 24 heavy (non-hydrogen) atoms. The molecular formula is C17H23ClN2O4. The Morgan fingerprint density at radius 2 is 1.96 bits per heavy atom. The van der Waals surface area contributed by atoms with E-state index >= 15 is 0 Å². The van der Waals surface area contributed by atoms with Crippen LogP contribution in [0.5, 0.6) is 0 Å². The molecule has 1 aliphatic rings. The molecule has 2 rings (SSSR count). The lowest BCUT2D eigenvalue weighted by molar-refractivity contribution is -0.139. The quantitative estimate of drug-likeness (QED) is 0.709. The lowest BCUT2D eigenvalue weighted by atomic mass is 9.94. The van der Waals surface area contributed by atoms with Gasteiger partial charge in [0.25, 0.3) is 0 Å². The highest BCUT2D eigenvalue weighted by molar-refractivity contribution is 6.30. The lowest BCUT2D eigenvalue weighted by Crippen LogP contribution is -2.55. The fraction of sp³-hybridized carbons (Fsp3) is 0.529. The van der Waals surface area contributed by atoms with Crippen LogP contribution in [0.2, 0.25) is 5.02 Å². The number of likely N-dealkylation sites (tertiary alicyclic amines) is 1. The molecule has 0 bridgehead atoms. The highest BCUT2D eigenvalue weighted by Gasteiger charge is 2.33. The Labute approximate surface area is 146 Å². The summed E-state index contributed by atoms with van der Waals surface area (Å²) in [4.78, 5) is 26.2. The summed E-state index contributed by atoms with van der Waals surface area (Å²) in [6.07, 6.45) is 0.773. The molecule has 2 amide bonds. The van der Waals surface area contributed by atoms with Crippen LogP contribution < -0.4 is 5.32 Å². The summed E-state index contributed by atoms with van der Waals surface area (Å²) in [6.45, 7) is 1.62. The molecule has 0 aliphatic carbocycles. The lowest BCUT2D eigenvalue weighted by Gasteiger charge is -2.34. The number of aliphatic hydroxyl groups is 2. The molecule has 1 heterocycles. The molecule has 0 aromatic heterocycles. The predicted molar refractivity (Wildman–Crippen MR) is 90.3 cm³/mol. The minimum atomic E-state index is -1.06. The second kappa shape index (κ2) is 7.96. The maximum atomic E-state index is 12.4. The molecule has 3 N–H and O–H groups in total. The second-order valence-corrected chi connectivity index (χ2v) is 6.94. The van der Waals surface area contributed by atoms with E-state index in [1.165, 1.54) is 0 Å². The smallest absolute Gasteiger partial charge is 0.225 e. The molecule has 132 valence electrons. The molecule has 0 unspecified atom stereocenters. The van der Waals surface area contributed by atoms with Gasteiger partial charge in [0.15, 0.2) is 0 Å². The number of benzene rings is 1. The van der Waals surface area contributed by atoms with Gasteiger partial charge in [0, 0.05) is 24.5 Å². The zero-order valence-corrected chi connectivity index (χ0v) is 14.4. The van der Waals surface area contributed by atoms with Crippen LogP contribution in [0.1, 0.15) is 25.3 Å². The van der Waals surface area contributed by atoms with E-state index in [0.29, 0.717) is 31.0 Å². The van der Waals surface area contributed by atoms with E-state index in [4.69, 9.17) is 11.6 Å². The summed E-state index contributed by atoms with van der Waals surface area (Å²) in [5.74, 6) is -0.595. The standard InChI is InChI=1S/C17H23ClN2O4/c1-17(10-21,11-22)19-16(24)13-4-7-15(23)20(9-13)8-12-2-5-14(18)6-3-12/h2-3,5-6,13,21-22H,4,7-11H2,1H3,(H,19,24)/t13-/m0/s1. The third kappa shape index (κ3) is 4.69. The Morgan fingerprint density at radius 1 is 1.33 bits per heavy atom. The molecule has 7 heteroatoms. The van der Waals surface area contributed by atoms with Gasteiger partial charge in [0.1, 0.15) is 0 Å². The molecule has 1 aliphatic heterocycles. The van der Waals surface area contributed by atoms with E-state index in [0.717, 1.165) is 5.56 Å². The van der Waals surface area contributed by atoms with E-state index < -0.39 is 5.54 Å². The topological polar surface area (TPSA) is 89.9 Å². The molecule has 1 aromatic rings. The SMILES string of the molecule is CC(CO)(CO)NC(=O)[C@H]1CCC(=O)N(Cc2ccc(Cl)cc2)C1. The van der Waals surface area contributed by atoms with Crippen molar-refractivity contribution in [3.8, 4) is 0 Å². The molecule has 0 saturated carbocycles. The number of carbonyl (C=O) groups is 2. The van der Waals surface area contributed by atoms with E-state index in [1.807, 2.05) is 12.1 Å². The van der Waals surface area contributed by atoms with Gasteiger partial charge in [0.05, 0.1) is 24.7 Å². The number of hydrogen-bond donors (Lipinski definition) is 3. The van der Waals surface area contributed by atoms with Gasteiger partial charge in [-0.2, -0.15) is 0 Å². The monoisotopic (exact) mass is 354 g/mol. The number of piperidine rings is 1. The van der Waals surface area contributed by atoms with E-state index in [9.17, 15) is 19.8 Å². The molecule has 1 aromatic carbocycles. The Bertz CT molecular complexity index is 587. The summed E-state index contributed by atoms with van der Waals surface area (Å²) in [5, 5.41) is 21.9. The van der Waals surface area contributed by atoms with E-state index in [-0.39, 0.29) is 30.9 Å². The highest BCUT2D eigenvalue weighted by Crippen LogP contribution is 2.21. The normalized spacial score (nSPS) is 18.6. The Balaban J connectivity index is 2.00. The summed E-state index contributed by atoms with van der Waals surface area (Å²) in [7, 11) is 0. The number of carbonyl (C=O) groups excluding carboxylic acids is 2. The molecule has 0 radical (unpaired) electrons. The van der Waals surface area contributed by atoms with Gasteiger partial charge >= 0.3 is 0 Å². The van der Waals surface area contributed by atoms with Crippen molar-refractivity contribution in [3.05, 3.63) is 34.9 Å². The van der Waals surface area contributed by atoms with Crippen molar-refractivity contribution in [2.45, 2.75) is 31.8 Å². The molecule has 6 nitrogen and oxygen atoms in total. The number of amides is 2. The van der Waals surface area contributed by atoms with Crippen LogP contribution in [-0.2, 0) is 16.1 Å². The Kier molecular flexibility index (Phi) is 6.21. The van der Waals surface area contributed by atoms with Crippen LogP contribution in [0, 0.1) is 5.92 Å². The van der Waals surface area contributed by atoms with Crippen LogP contribution in [0.4, 0.5) is 0 Å². The number of aliphatic hydroxyl groups excluding tert-OH is 2. The largest absolute Gasteiger partial charge is 0.394 e. The number of hydrogen-bond acceptors (Lipinski definition) is 4. The number of halogens is 1. The first kappa shape index (κ1) is 18.7. The average Bonchev–Trinajstić information content (AvgIpc) is 2.58. The maximum absolute atomic E-state index is 12.4. The third-order valence-electron chi connectivity index (χ3n) is 4.28. The van der Waals surface area contributed by atoms with Crippen molar-refractivity contribution >= 4 is 23.4 Å². The first-order valence-corrected chi connectivity index (χ1v) is 8.30. The average molecular weight is 355 g/mol. The Hall–Kier alpha value is -1.63. The summed E-state index contributed by atoms with van der Waals surface area (Å²) >= 11 is 5.86. The van der Waals surface area contributed by atoms with Crippen LogP contribution in [-0.4, -0.2) is 52.2 Å². The van der Waals surface area contributed by atoms with Crippen LogP contribution >= 0.6 is 11.6 Å². The van der Waals surface area contributed by atoms with E-state index in [1.54, 1.807) is 24.0 Å². The Morgan fingerprint density at radius 3 is 2.54 bits per heavy atom. The van der Waals surface area contributed by atoms with Crippen LogP contribution in [0.15, 0.2) is 24.3 Å². The minimum absolute atomic E-state index is 0.0149. The van der Waals surface area contributed by atoms with Crippen molar-refractivity contribution in [1.29, 1.82) is 0 Å².